The molecule has 0 spiro atoms. The minimum Gasteiger partial charge on any atom is -0.491 e. The Kier molecular flexibility index (Phi) is 7.02. The number of nitrogens with one attached hydrogen (secondary N) is 3. The fourth-order valence-corrected chi connectivity index (χ4v) is 2.26. The molecule has 0 saturated carbocycles. The molecular weight excluding hydrogens is 330 g/mol. The predicted octanol–water partition coefficient (Wildman–Crippen LogP) is 3.87. The molecule has 0 aliphatic carbocycles. The molecule has 1 unspecified atom stereocenters. The van der Waals surface area contributed by atoms with Gasteiger partial charge in [-0.05, 0) is 43.7 Å². The molecular formula is C20H25N3O3. The van der Waals surface area contributed by atoms with Gasteiger partial charge in [-0.1, -0.05) is 19.1 Å². The van der Waals surface area contributed by atoms with Crippen LogP contribution in [0.1, 0.15) is 27.2 Å². The van der Waals surface area contributed by atoms with Gasteiger partial charge in [0, 0.05) is 30.1 Å². The third-order valence-corrected chi connectivity index (χ3v) is 3.67. The summed E-state index contributed by atoms with van der Waals surface area (Å²) in [5.41, 5.74) is 2.11. The largest absolute Gasteiger partial charge is 0.491 e. The molecule has 2 rings (SSSR count). The molecule has 0 saturated heterocycles. The lowest BCUT2D eigenvalue weighted by Gasteiger charge is -2.14. The molecule has 0 aliphatic heterocycles. The van der Waals surface area contributed by atoms with Crippen molar-refractivity contribution in [2.24, 2.45) is 0 Å². The van der Waals surface area contributed by atoms with Gasteiger partial charge in [0.1, 0.15) is 5.75 Å². The number of benzene rings is 2. The molecule has 0 radical (unpaired) electrons. The fourth-order valence-electron chi connectivity index (χ4n) is 2.26. The quantitative estimate of drug-likeness (QED) is 0.671. The number of hydrogen-bond donors (Lipinski definition) is 3. The molecule has 0 heterocycles. The molecule has 2 aromatic rings. The van der Waals surface area contributed by atoms with Crippen LogP contribution in [0.5, 0.6) is 5.75 Å². The van der Waals surface area contributed by atoms with Crippen molar-refractivity contribution in [2.45, 2.75) is 33.3 Å². The Balaban J connectivity index is 1.89. The highest BCUT2D eigenvalue weighted by molar-refractivity contribution is 5.94. The van der Waals surface area contributed by atoms with Crippen LogP contribution in [0.2, 0.25) is 0 Å². The van der Waals surface area contributed by atoms with E-state index < -0.39 is 0 Å². The van der Waals surface area contributed by atoms with Crippen molar-refractivity contribution >= 4 is 28.9 Å². The summed E-state index contributed by atoms with van der Waals surface area (Å²) >= 11 is 0. The Labute approximate surface area is 153 Å². The van der Waals surface area contributed by atoms with E-state index >= 15 is 0 Å². The van der Waals surface area contributed by atoms with E-state index in [0.717, 1.165) is 17.9 Å². The summed E-state index contributed by atoms with van der Waals surface area (Å²) in [4.78, 5) is 23.3. The lowest BCUT2D eigenvalue weighted by molar-refractivity contribution is -0.115. The SMILES string of the molecule is CCC(C)Oc1cccc(NC(=O)CNc2cccc(NC(C)=O)c2)c1. The van der Waals surface area contributed by atoms with Crippen molar-refractivity contribution < 1.29 is 14.3 Å². The number of rotatable bonds is 8. The molecule has 6 nitrogen and oxygen atoms in total. The standard InChI is InChI=1S/C20H25N3O3/c1-4-14(2)26-19-10-6-9-18(12-19)23-20(25)13-21-16-7-5-8-17(11-16)22-15(3)24/h5-12,14,21H,4,13H2,1-3H3,(H,22,24)(H,23,25). The predicted molar refractivity (Wildman–Crippen MR) is 105 cm³/mol. The zero-order valence-electron chi connectivity index (χ0n) is 15.3. The van der Waals surface area contributed by atoms with Crippen LogP contribution in [0.15, 0.2) is 48.5 Å². The average Bonchev–Trinajstić information content (AvgIpc) is 2.60. The first-order valence-electron chi connectivity index (χ1n) is 8.64. The van der Waals surface area contributed by atoms with Crippen molar-refractivity contribution in [3.8, 4) is 5.75 Å². The van der Waals surface area contributed by atoms with Gasteiger partial charge in [0.25, 0.3) is 0 Å². The van der Waals surface area contributed by atoms with E-state index in [-0.39, 0.29) is 24.5 Å². The first-order valence-corrected chi connectivity index (χ1v) is 8.64. The maximum Gasteiger partial charge on any atom is 0.243 e. The van der Waals surface area contributed by atoms with Crippen LogP contribution in [0.4, 0.5) is 17.1 Å². The third-order valence-electron chi connectivity index (χ3n) is 3.67. The van der Waals surface area contributed by atoms with Crippen molar-refractivity contribution in [3.05, 3.63) is 48.5 Å². The second-order valence-corrected chi connectivity index (χ2v) is 6.03. The van der Waals surface area contributed by atoms with Crippen LogP contribution in [0.3, 0.4) is 0 Å². The number of ether oxygens (including phenoxy) is 1. The monoisotopic (exact) mass is 355 g/mol. The molecule has 0 aliphatic rings. The van der Waals surface area contributed by atoms with Crippen LogP contribution in [-0.4, -0.2) is 24.5 Å². The van der Waals surface area contributed by atoms with Crippen LogP contribution in [-0.2, 0) is 9.59 Å². The maximum absolute atomic E-state index is 12.2. The Morgan fingerprint density at radius 3 is 2.35 bits per heavy atom. The summed E-state index contributed by atoms with van der Waals surface area (Å²) < 4.78 is 5.76. The van der Waals surface area contributed by atoms with Crippen molar-refractivity contribution in [1.29, 1.82) is 0 Å². The highest BCUT2D eigenvalue weighted by Gasteiger charge is 2.06. The van der Waals surface area contributed by atoms with Crippen molar-refractivity contribution in [2.75, 3.05) is 22.5 Å². The fraction of sp³-hybridized carbons (Fsp3) is 0.300. The number of carbonyl (C=O) groups is 2. The normalized spacial score (nSPS) is 11.3. The summed E-state index contributed by atoms with van der Waals surface area (Å²) in [6.07, 6.45) is 1.04. The summed E-state index contributed by atoms with van der Waals surface area (Å²) in [6, 6.07) is 14.5. The second-order valence-electron chi connectivity index (χ2n) is 6.03. The van der Waals surface area contributed by atoms with Crippen LogP contribution in [0.25, 0.3) is 0 Å². The number of amides is 2. The van der Waals surface area contributed by atoms with Crippen LogP contribution in [0, 0.1) is 0 Å². The first kappa shape index (κ1) is 19.3. The number of anilines is 3. The third kappa shape index (κ3) is 6.47. The van der Waals surface area contributed by atoms with Crippen LogP contribution < -0.4 is 20.7 Å². The van der Waals surface area contributed by atoms with Gasteiger partial charge < -0.3 is 20.7 Å². The summed E-state index contributed by atoms with van der Waals surface area (Å²) in [5, 5.41) is 8.58. The van der Waals surface area contributed by atoms with Crippen molar-refractivity contribution in [3.63, 3.8) is 0 Å². The van der Waals surface area contributed by atoms with E-state index in [1.165, 1.54) is 6.92 Å². The number of carbonyl (C=O) groups excluding carboxylic acids is 2. The van der Waals surface area contributed by atoms with E-state index in [0.29, 0.717) is 11.4 Å². The van der Waals surface area contributed by atoms with Crippen molar-refractivity contribution in [1.82, 2.24) is 0 Å². The highest BCUT2D eigenvalue weighted by Crippen LogP contribution is 2.19. The summed E-state index contributed by atoms with van der Waals surface area (Å²) in [5.74, 6) is 0.420. The van der Waals surface area contributed by atoms with E-state index in [1.807, 2.05) is 37.3 Å². The number of hydrogen-bond acceptors (Lipinski definition) is 4. The van der Waals surface area contributed by atoms with E-state index in [4.69, 9.17) is 4.74 Å². The smallest absolute Gasteiger partial charge is 0.243 e. The molecule has 26 heavy (non-hydrogen) atoms. The maximum atomic E-state index is 12.2. The molecule has 0 fully saturated rings. The topological polar surface area (TPSA) is 79.5 Å². The Hall–Kier alpha value is -3.02. The van der Waals surface area contributed by atoms with E-state index in [2.05, 4.69) is 22.9 Å². The van der Waals surface area contributed by atoms with Gasteiger partial charge in [0.2, 0.25) is 11.8 Å². The van der Waals surface area contributed by atoms with E-state index in [9.17, 15) is 9.59 Å². The minimum atomic E-state index is -0.171. The van der Waals surface area contributed by atoms with Gasteiger partial charge in [-0.15, -0.1) is 0 Å². The first-order chi connectivity index (χ1) is 12.5. The van der Waals surface area contributed by atoms with Gasteiger partial charge >= 0.3 is 0 Å². The Morgan fingerprint density at radius 1 is 1.00 bits per heavy atom. The van der Waals surface area contributed by atoms with Crippen LogP contribution >= 0.6 is 0 Å². The Bertz CT molecular complexity index is 761. The molecule has 0 aromatic heterocycles. The lowest BCUT2D eigenvalue weighted by atomic mass is 10.2. The lowest BCUT2D eigenvalue weighted by Crippen LogP contribution is -2.21. The average molecular weight is 355 g/mol. The summed E-state index contributed by atoms with van der Waals surface area (Å²) in [7, 11) is 0. The Morgan fingerprint density at radius 2 is 1.65 bits per heavy atom. The van der Waals surface area contributed by atoms with Gasteiger partial charge in [-0.3, -0.25) is 9.59 Å². The highest BCUT2D eigenvalue weighted by atomic mass is 16.5. The molecule has 2 amide bonds. The molecule has 2 aromatic carbocycles. The molecule has 3 N–H and O–H groups in total. The van der Waals surface area contributed by atoms with Gasteiger partial charge in [0.15, 0.2) is 0 Å². The second kappa shape index (κ2) is 9.46. The van der Waals surface area contributed by atoms with Gasteiger partial charge in [-0.2, -0.15) is 0 Å². The summed E-state index contributed by atoms with van der Waals surface area (Å²) in [6.45, 7) is 5.62. The van der Waals surface area contributed by atoms with Gasteiger partial charge in [0.05, 0.1) is 12.6 Å². The zero-order chi connectivity index (χ0) is 18.9. The molecule has 6 heteroatoms. The zero-order valence-corrected chi connectivity index (χ0v) is 15.3. The molecule has 1 atom stereocenters. The minimum absolute atomic E-state index is 0.111. The molecule has 0 bridgehead atoms. The van der Waals surface area contributed by atoms with Gasteiger partial charge in [-0.25, -0.2) is 0 Å². The van der Waals surface area contributed by atoms with E-state index in [1.54, 1.807) is 18.2 Å². The molecule has 138 valence electrons.